The number of fused-ring (bicyclic) bond motifs is 1. The van der Waals surface area contributed by atoms with Crippen LogP contribution in [0.4, 0.5) is 5.69 Å². The summed E-state index contributed by atoms with van der Waals surface area (Å²) in [5.41, 5.74) is 3.23. The summed E-state index contributed by atoms with van der Waals surface area (Å²) in [6, 6.07) is 6.13. The van der Waals surface area contributed by atoms with Gasteiger partial charge >= 0.3 is 0 Å². The SMILES string of the molecule is CNCC1CCN(C(=O)CCCc2ccc3c(c2)CC(=O)N3)CC1. The second-order valence-corrected chi connectivity index (χ2v) is 6.95. The third-order valence-corrected chi connectivity index (χ3v) is 5.11. The van der Waals surface area contributed by atoms with Crippen LogP contribution in [-0.4, -0.2) is 43.4 Å². The molecule has 0 unspecified atom stereocenters. The lowest BCUT2D eigenvalue weighted by atomic mass is 9.96. The average molecular weight is 329 g/mol. The summed E-state index contributed by atoms with van der Waals surface area (Å²) in [4.78, 5) is 25.8. The lowest BCUT2D eigenvalue weighted by Crippen LogP contribution is -2.40. The van der Waals surface area contributed by atoms with E-state index in [0.717, 1.165) is 56.6 Å². The van der Waals surface area contributed by atoms with Gasteiger partial charge in [-0.25, -0.2) is 0 Å². The Labute approximate surface area is 143 Å². The van der Waals surface area contributed by atoms with Crippen LogP contribution in [0.25, 0.3) is 0 Å². The van der Waals surface area contributed by atoms with E-state index in [1.165, 1.54) is 5.56 Å². The number of carbonyl (C=O) groups is 2. The van der Waals surface area contributed by atoms with Gasteiger partial charge in [-0.15, -0.1) is 0 Å². The van der Waals surface area contributed by atoms with Crippen molar-refractivity contribution in [1.82, 2.24) is 10.2 Å². The molecule has 1 fully saturated rings. The van der Waals surface area contributed by atoms with E-state index in [-0.39, 0.29) is 11.8 Å². The first-order valence-corrected chi connectivity index (χ1v) is 8.99. The van der Waals surface area contributed by atoms with Gasteiger partial charge in [-0.2, -0.15) is 0 Å². The summed E-state index contributed by atoms with van der Waals surface area (Å²) in [5, 5.41) is 6.08. The zero-order valence-corrected chi connectivity index (χ0v) is 14.4. The summed E-state index contributed by atoms with van der Waals surface area (Å²) < 4.78 is 0. The topological polar surface area (TPSA) is 61.4 Å². The van der Waals surface area contributed by atoms with E-state index in [2.05, 4.69) is 22.8 Å². The molecule has 1 aromatic rings. The normalized spacial score (nSPS) is 17.7. The first-order chi connectivity index (χ1) is 11.7. The summed E-state index contributed by atoms with van der Waals surface area (Å²) in [6.07, 6.45) is 5.07. The van der Waals surface area contributed by atoms with Crippen LogP contribution in [0.5, 0.6) is 0 Å². The molecule has 130 valence electrons. The maximum Gasteiger partial charge on any atom is 0.228 e. The van der Waals surface area contributed by atoms with E-state index in [9.17, 15) is 9.59 Å². The lowest BCUT2D eigenvalue weighted by Gasteiger charge is -2.32. The van der Waals surface area contributed by atoms with Gasteiger partial charge in [0.1, 0.15) is 0 Å². The van der Waals surface area contributed by atoms with Crippen LogP contribution >= 0.6 is 0 Å². The molecule has 2 aliphatic heterocycles. The molecule has 0 aliphatic carbocycles. The number of aryl methyl sites for hydroxylation is 1. The largest absolute Gasteiger partial charge is 0.343 e. The van der Waals surface area contributed by atoms with E-state index < -0.39 is 0 Å². The smallest absolute Gasteiger partial charge is 0.228 e. The summed E-state index contributed by atoms with van der Waals surface area (Å²) in [7, 11) is 1.99. The van der Waals surface area contributed by atoms with Crippen LogP contribution < -0.4 is 10.6 Å². The highest BCUT2D eigenvalue weighted by atomic mass is 16.2. The number of hydrogen-bond acceptors (Lipinski definition) is 3. The van der Waals surface area contributed by atoms with Crippen molar-refractivity contribution in [3.05, 3.63) is 29.3 Å². The van der Waals surface area contributed by atoms with Crippen molar-refractivity contribution in [1.29, 1.82) is 0 Å². The molecular formula is C19H27N3O2. The number of amides is 2. The third kappa shape index (κ3) is 4.15. The van der Waals surface area contributed by atoms with E-state index in [4.69, 9.17) is 0 Å². The van der Waals surface area contributed by atoms with Crippen LogP contribution in [0.1, 0.15) is 36.8 Å². The van der Waals surface area contributed by atoms with E-state index in [1.54, 1.807) is 0 Å². The van der Waals surface area contributed by atoms with Gasteiger partial charge in [-0.05, 0) is 62.4 Å². The molecule has 0 spiro atoms. The second-order valence-electron chi connectivity index (χ2n) is 6.95. The molecule has 2 amide bonds. The first kappa shape index (κ1) is 17.0. The minimum atomic E-state index is 0.0685. The molecule has 24 heavy (non-hydrogen) atoms. The number of benzene rings is 1. The Kier molecular flexibility index (Phi) is 5.51. The molecule has 2 N–H and O–H groups in total. The van der Waals surface area contributed by atoms with Gasteiger partial charge < -0.3 is 15.5 Å². The van der Waals surface area contributed by atoms with E-state index >= 15 is 0 Å². The minimum Gasteiger partial charge on any atom is -0.343 e. The summed E-state index contributed by atoms with van der Waals surface area (Å²) >= 11 is 0. The number of carbonyl (C=O) groups excluding carboxylic acids is 2. The highest BCUT2D eigenvalue weighted by Gasteiger charge is 2.22. The Balaban J connectivity index is 1.41. The third-order valence-electron chi connectivity index (χ3n) is 5.11. The Morgan fingerprint density at radius 2 is 2.12 bits per heavy atom. The molecule has 0 atom stereocenters. The lowest BCUT2D eigenvalue weighted by molar-refractivity contribution is -0.132. The number of rotatable bonds is 6. The summed E-state index contributed by atoms with van der Waals surface area (Å²) in [5.74, 6) is 1.07. The van der Waals surface area contributed by atoms with Crippen LogP contribution in [0.2, 0.25) is 0 Å². The zero-order chi connectivity index (χ0) is 16.9. The molecule has 1 saturated heterocycles. The minimum absolute atomic E-state index is 0.0685. The second kappa shape index (κ2) is 7.79. The van der Waals surface area contributed by atoms with Crippen LogP contribution in [0.15, 0.2) is 18.2 Å². The molecule has 3 rings (SSSR count). The average Bonchev–Trinajstić information content (AvgIpc) is 2.95. The molecular weight excluding hydrogens is 302 g/mol. The summed E-state index contributed by atoms with van der Waals surface area (Å²) in [6.45, 7) is 2.85. The van der Waals surface area contributed by atoms with Crippen LogP contribution in [0, 0.1) is 5.92 Å². The van der Waals surface area contributed by atoms with E-state index in [0.29, 0.717) is 18.8 Å². The van der Waals surface area contributed by atoms with Crippen molar-refractivity contribution in [2.45, 2.75) is 38.5 Å². The fourth-order valence-corrected chi connectivity index (χ4v) is 3.72. The monoisotopic (exact) mass is 329 g/mol. The van der Waals surface area contributed by atoms with Gasteiger partial charge in [0.05, 0.1) is 6.42 Å². The molecule has 0 aromatic heterocycles. The van der Waals surface area contributed by atoms with E-state index in [1.807, 2.05) is 18.0 Å². The quantitative estimate of drug-likeness (QED) is 0.839. The zero-order valence-electron chi connectivity index (χ0n) is 14.4. The van der Waals surface area contributed by atoms with Crippen molar-refractivity contribution in [2.24, 2.45) is 5.92 Å². The molecule has 5 heteroatoms. The number of hydrogen-bond donors (Lipinski definition) is 2. The van der Waals surface area contributed by atoms with Crippen LogP contribution in [-0.2, 0) is 22.4 Å². The molecule has 0 radical (unpaired) electrons. The van der Waals surface area contributed by atoms with Crippen molar-refractivity contribution in [3.8, 4) is 0 Å². The molecule has 5 nitrogen and oxygen atoms in total. The highest BCUT2D eigenvalue weighted by Crippen LogP contribution is 2.24. The number of anilines is 1. The maximum atomic E-state index is 12.3. The fraction of sp³-hybridized carbons (Fsp3) is 0.579. The Bertz CT molecular complexity index is 607. The molecule has 2 aliphatic rings. The standard InChI is InChI=1S/C19H27N3O2/c1-20-13-15-7-9-22(10-8-15)19(24)4-2-3-14-5-6-17-16(11-14)12-18(23)21-17/h5-6,11,15,20H,2-4,7-10,12-13H2,1H3,(H,21,23). The van der Waals surface area contributed by atoms with Gasteiger partial charge in [-0.3, -0.25) is 9.59 Å². The fourth-order valence-electron chi connectivity index (χ4n) is 3.72. The number of nitrogens with zero attached hydrogens (tertiary/aromatic N) is 1. The van der Waals surface area contributed by atoms with Crippen molar-refractivity contribution < 1.29 is 9.59 Å². The Hall–Kier alpha value is -1.88. The van der Waals surface area contributed by atoms with Gasteiger partial charge in [0.2, 0.25) is 11.8 Å². The van der Waals surface area contributed by atoms with Crippen molar-refractivity contribution in [3.63, 3.8) is 0 Å². The number of piperidine rings is 1. The van der Waals surface area contributed by atoms with Crippen molar-refractivity contribution >= 4 is 17.5 Å². The Morgan fingerprint density at radius 1 is 1.33 bits per heavy atom. The molecule has 0 bridgehead atoms. The van der Waals surface area contributed by atoms with Crippen molar-refractivity contribution in [2.75, 3.05) is 32.0 Å². The first-order valence-electron chi connectivity index (χ1n) is 8.99. The number of likely N-dealkylation sites (tertiary alicyclic amines) is 1. The highest BCUT2D eigenvalue weighted by molar-refractivity contribution is 5.99. The molecule has 1 aromatic carbocycles. The maximum absolute atomic E-state index is 12.3. The Morgan fingerprint density at radius 3 is 2.88 bits per heavy atom. The molecule has 0 saturated carbocycles. The van der Waals surface area contributed by atoms with Gasteiger partial charge in [0.15, 0.2) is 0 Å². The number of nitrogens with one attached hydrogen (secondary N) is 2. The molecule has 2 heterocycles. The van der Waals surface area contributed by atoms with Crippen LogP contribution in [0.3, 0.4) is 0 Å². The van der Waals surface area contributed by atoms with Gasteiger partial charge in [-0.1, -0.05) is 12.1 Å². The van der Waals surface area contributed by atoms with Gasteiger partial charge in [0, 0.05) is 25.2 Å². The van der Waals surface area contributed by atoms with Gasteiger partial charge in [0.25, 0.3) is 0 Å². The predicted molar refractivity (Wildman–Crippen MR) is 94.9 cm³/mol. The predicted octanol–water partition coefficient (Wildman–Crippen LogP) is 1.96.